The van der Waals surface area contributed by atoms with E-state index in [4.69, 9.17) is 0 Å². The summed E-state index contributed by atoms with van der Waals surface area (Å²) in [6.07, 6.45) is 1.36. The first kappa shape index (κ1) is 15.8. The van der Waals surface area contributed by atoms with E-state index in [-0.39, 0.29) is 24.0 Å². The van der Waals surface area contributed by atoms with Crippen LogP contribution in [0.4, 0.5) is 4.79 Å². The lowest BCUT2D eigenvalue weighted by atomic mass is 9.82. The normalized spacial score (nSPS) is 25.8. The topological polar surface area (TPSA) is 69.6 Å². The Morgan fingerprint density at radius 2 is 1.95 bits per heavy atom. The van der Waals surface area contributed by atoms with Crippen LogP contribution in [0.1, 0.15) is 47.5 Å². The standard InChI is InChI=1S/C14H26N2O3/c1-10(13(2,3)4)15-12(19)16-8-6-7-14(5,9-16)11(17)18/h10H,6-9H2,1-5H3,(H,15,19)(H,17,18). The summed E-state index contributed by atoms with van der Waals surface area (Å²) in [5.41, 5.74) is -0.831. The Morgan fingerprint density at radius 1 is 1.37 bits per heavy atom. The van der Waals surface area contributed by atoms with Gasteiger partial charge in [-0.2, -0.15) is 0 Å². The molecule has 1 heterocycles. The van der Waals surface area contributed by atoms with Crippen molar-refractivity contribution in [2.75, 3.05) is 13.1 Å². The lowest BCUT2D eigenvalue weighted by Crippen LogP contribution is -2.54. The monoisotopic (exact) mass is 270 g/mol. The Balaban J connectivity index is 2.66. The van der Waals surface area contributed by atoms with Gasteiger partial charge in [0.25, 0.3) is 0 Å². The Kier molecular flexibility index (Phi) is 4.48. The Labute approximate surface area is 115 Å². The van der Waals surface area contributed by atoms with Gasteiger partial charge in [0.1, 0.15) is 0 Å². The van der Waals surface area contributed by atoms with E-state index in [1.54, 1.807) is 11.8 Å². The van der Waals surface area contributed by atoms with Crippen molar-refractivity contribution in [1.29, 1.82) is 0 Å². The van der Waals surface area contributed by atoms with Gasteiger partial charge < -0.3 is 15.3 Å². The van der Waals surface area contributed by atoms with Gasteiger partial charge in [0.05, 0.1) is 5.41 Å². The summed E-state index contributed by atoms with van der Waals surface area (Å²) in [7, 11) is 0. The van der Waals surface area contributed by atoms with Gasteiger partial charge in [-0.05, 0) is 32.1 Å². The molecule has 0 radical (unpaired) electrons. The van der Waals surface area contributed by atoms with Gasteiger partial charge in [0.15, 0.2) is 0 Å². The number of nitrogens with one attached hydrogen (secondary N) is 1. The van der Waals surface area contributed by atoms with E-state index in [0.717, 1.165) is 6.42 Å². The van der Waals surface area contributed by atoms with Gasteiger partial charge in [0.2, 0.25) is 0 Å². The second kappa shape index (κ2) is 5.39. The number of hydrogen-bond donors (Lipinski definition) is 2. The molecule has 19 heavy (non-hydrogen) atoms. The van der Waals surface area contributed by atoms with Crippen LogP contribution in [0, 0.1) is 10.8 Å². The molecule has 0 aromatic carbocycles. The number of hydrogen-bond acceptors (Lipinski definition) is 2. The maximum absolute atomic E-state index is 12.2. The number of piperidine rings is 1. The molecular formula is C14H26N2O3. The van der Waals surface area contributed by atoms with Crippen LogP contribution in [-0.4, -0.2) is 41.1 Å². The van der Waals surface area contributed by atoms with Crippen LogP contribution in [0.15, 0.2) is 0 Å². The van der Waals surface area contributed by atoms with Gasteiger partial charge in [-0.1, -0.05) is 20.8 Å². The van der Waals surface area contributed by atoms with Crippen molar-refractivity contribution in [3.63, 3.8) is 0 Å². The minimum Gasteiger partial charge on any atom is -0.481 e. The average Bonchev–Trinajstić information content (AvgIpc) is 2.27. The van der Waals surface area contributed by atoms with Crippen molar-refractivity contribution in [2.24, 2.45) is 10.8 Å². The maximum atomic E-state index is 12.2. The molecule has 1 saturated heterocycles. The van der Waals surface area contributed by atoms with Crippen molar-refractivity contribution in [2.45, 2.75) is 53.5 Å². The zero-order valence-corrected chi connectivity index (χ0v) is 12.6. The summed E-state index contributed by atoms with van der Waals surface area (Å²) in [4.78, 5) is 25.1. The Morgan fingerprint density at radius 3 is 2.42 bits per heavy atom. The summed E-state index contributed by atoms with van der Waals surface area (Å²) in [5, 5.41) is 12.2. The van der Waals surface area contributed by atoms with E-state index >= 15 is 0 Å². The molecule has 2 atom stereocenters. The molecule has 0 aliphatic carbocycles. The fraction of sp³-hybridized carbons (Fsp3) is 0.857. The summed E-state index contributed by atoms with van der Waals surface area (Å²) >= 11 is 0. The third-order valence-corrected chi connectivity index (χ3v) is 4.14. The Bertz CT molecular complexity index is 362. The van der Waals surface area contributed by atoms with E-state index in [0.29, 0.717) is 13.0 Å². The van der Waals surface area contributed by atoms with Gasteiger partial charge in [0, 0.05) is 19.1 Å². The molecule has 1 fully saturated rings. The number of urea groups is 1. The molecule has 1 aliphatic heterocycles. The number of carbonyl (C=O) groups excluding carboxylic acids is 1. The molecule has 0 spiro atoms. The van der Waals surface area contributed by atoms with E-state index in [2.05, 4.69) is 26.1 Å². The zero-order valence-electron chi connectivity index (χ0n) is 12.6. The first-order valence-corrected chi connectivity index (χ1v) is 6.85. The summed E-state index contributed by atoms with van der Waals surface area (Å²) in [5.74, 6) is -0.825. The summed E-state index contributed by atoms with van der Waals surface area (Å²) in [6, 6.07) is -0.118. The minimum absolute atomic E-state index is 0.0124. The summed E-state index contributed by atoms with van der Waals surface area (Å²) in [6.45, 7) is 10.8. The maximum Gasteiger partial charge on any atom is 0.317 e. The van der Waals surface area contributed by atoms with E-state index in [1.807, 2.05) is 6.92 Å². The molecule has 1 aliphatic rings. The van der Waals surface area contributed by atoms with Crippen LogP contribution >= 0.6 is 0 Å². The smallest absolute Gasteiger partial charge is 0.317 e. The van der Waals surface area contributed by atoms with Crippen molar-refractivity contribution < 1.29 is 14.7 Å². The number of carboxylic acid groups (broad SMARTS) is 1. The minimum atomic E-state index is -0.825. The SMILES string of the molecule is CC(NC(=O)N1CCCC(C)(C(=O)O)C1)C(C)(C)C. The molecule has 0 bridgehead atoms. The summed E-state index contributed by atoms with van der Waals surface area (Å²) < 4.78 is 0. The van der Waals surface area contributed by atoms with Gasteiger partial charge >= 0.3 is 12.0 Å². The molecule has 5 heteroatoms. The van der Waals surface area contributed by atoms with Crippen molar-refractivity contribution in [3.05, 3.63) is 0 Å². The van der Waals surface area contributed by atoms with E-state index in [9.17, 15) is 14.7 Å². The molecule has 2 unspecified atom stereocenters. The first-order chi connectivity index (χ1) is 8.56. The second-order valence-corrected chi connectivity index (χ2v) is 6.93. The third kappa shape index (κ3) is 3.85. The van der Waals surface area contributed by atoms with Gasteiger partial charge in [-0.25, -0.2) is 4.79 Å². The van der Waals surface area contributed by atoms with Crippen LogP contribution in [-0.2, 0) is 4.79 Å². The van der Waals surface area contributed by atoms with Crippen molar-refractivity contribution in [1.82, 2.24) is 10.2 Å². The lowest BCUT2D eigenvalue weighted by molar-refractivity contribution is -0.150. The number of carbonyl (C=O) groups is 2. The molecule has 1 rings (SSSR count). The molecule has 0 aromatic heterocycles. The van der Waals surface area contributed by atoms with Crippen molar-refractivity contribution >= 4 is 12.0 Å². The molecule has 0 aromatic rings. The number of carboxylic acids is 1. The Hall–Kier alpha value is -1.26. The van der Waals surface area contributed by atoms with E-state index in [1.165, 1.54) is 0 Å². The molecule has 2 amide bonds. The highest BCUT2D eigenvalue weighted by atomic mass is 16.4. The average molecular weight is 270 g/mol. The van der Waals surface area contributed by atoms with Gasteiger partial charge in [-0.15, -0.1) is 0 Å². The number of nitrogens with zero attached hydrogens (tertiary/aromatic N) is 1. The van der Waals surface area contributed by atoms with Crippen LogP contribution in [0.3, 0.4) is 0 Å². The largest absolute Gasteiger partial charge is 0.481 e. The molecule has 110 valence electrons. The number of rotatable bonds is 2. The fourth-order valence-corrected chi connectivity index (χ4v) is 2.08. The molecule has 0 saturated carbocycles. The van der Waals surface area contributed by atoms with Crippen LogP contribution in [0.2, 0.25) is 0 Å². The van der Waals surface area contributed by atoms with Gasteiger partial charge in [-0.3, -0.25) is 4.79 Å². The highest BCUT2D eigenvalue weighted by molar-refractivity contribution is 5.78. The first-order valence-electron chi connectivity index (χ1n) is 6.85. The highest BCUT2D eigenvalue weighted by Gasteiger charge is 2.39. The predicted octanol–water partition coefficient (Wildman–Crippen LogP) is 2.32. The molecule has 2 N–H and O–H groups in total. The van der Waals surface area contributed by atoms with E-state index < -0.39 is 11.4 Å². The number of aliphatic carboxylic acids is 1. The van der Waals surface area contributed by atoms with Crippen LogP contribution < -0.4 is 5.32 Å². The molecule has 5 nitrogen and oxygen atoms in total. The van der Waals surface area contributed by atoms with Crippen LogP contribution in [0.25, 0.3) is 0 Å². The third-order valence-electron chi connectivity index (χ3n) is 4.14. The quantitative estimate of drug-likeness (QED) is 0.809. The predicted molar refractivity (Wildman–Crippen MR) is 74.0 cm³/mol. The van der Waals surface area contributed by atoms with Crippen LogP contribution in [0.5, 0.6) is 0 Å². The zero-order chi connectivity index (χ0) is 14.8. The molecular weight excluding hydrogens is 244 g/mol. The van der Waals surface area contributed by atoms with Crippen molar-refractivity contribution in [3.8, 4) is 0 Å². The second-order valence-electron chi connectivity index (χ2n) is 6.93. The number of likely N-dealkylation sites (tertiary alicyclic amines) is 1. The highest BCUT2D eigenvalue weighted by Crippen LogP contribution is 2.30. The number of amides is 2. The fourth-order valence-electron chi connectivity index (χ4n) is 2.08. The lowest BCUT2D eigenvalue weighted by Gasteiger charge is -2.39.